The van der Waals surface area contributed by atoms with Crippen molar-refractivity contribution in [1.29, 1.82) is 0 Å². The van der Waals surface area contributed by atoms with Crippen molar-refractivity contribution in [1.82, 2.24) is 8.75 Å². The van der Waals surface area contributed by atoms with Crippen molar-refractivity contribution in [2.24, 2.45) is 0 Å². The van der Waals surface area contributed by atoms with E-state index in [1.807, 2.05) is 26.0 Å². The zero-order valence-electron chi connectivity index (χ0n) is 8.77. The maximum atomic E-state index is 4.33. The lowest BCUT2D eigenvalue weighted by atomic mass is 10.1. The molecule has 0 atom stereocenters. The van der Waals surface area contributed by atoms with Crippen LogP contribution >= 0.6 is 11.7 Å². The number of hydrogen-bond donors (Lipinski definition) is 0. The van der Waals surface area contributed by atoms with Crippen LogP contribution < -0.4 is 0 Å². The number of rotatable bonds is 2. The van der Waals surface area contributed by atoms with Crippen molar-refractivity contribution >= 4 is 34.9 Å². The first-order valence-electron chi connectivity index (χ1n) is 4.87. The predicted octanol–water partition coefficient (Wildman–Crippen LogP) is 3.76. The first kappa shape index (κ1) is 10.1. The van der Waals surface area contributed by atoms with E-state index in [1.165, 1.54) is 11.7 Å². The Labute approximate surface area is 93.3 Å². The molecule has 15 heavy (non-hydrogen) atoms. The van der Waals surface area contributed by atoms with Crippen LogP contribution in [0, 0.1) is 0 Å². The van der Waals surface area contributed by atoms with Crippen molar-refractivity contribution in [3.8, 4) is 0 Å². The Hall–Kier alpha value is -1.48. The van der Waals surface area contributed by atoms with Crippen LogP contribution in [0.5, 0.6) is 0 Å². The third kappa shape index (κ3) is 1.83. The zero-order valence-corrected chi connectivity index (χ0v) is 9.58. The molecule has 0 saturated heterocycles. The Morgan fingerprint density at radius 1 is 0.933 bits per heavy atom. The second-order valence-corrected chi connectivity index (χ2v) is 3.73. The Balaban J connectivity index is 2.70. The lowest BCUT2D eigenvalue weighted by Crippen LogP contribution is -1.81. The molecule has 76 valence electrons. The molecule has 0 aliphatic carbocycles. The van der Waals surface area contributed by atoms with Gasteiger partial charge in [-0.15, -0.1) is 0 Å². The molecule has 0 fully saturated rings. The van der Waals surface area contributed by atoms with Gasteiger partial charge < -0.3 is 0 Å². The van der Waals surface area contributed by atoms with Gasteiger partial charge in [0.05, 0.1) is 11.7 Å². The highest BCUT2D eigenvalue weighted by Gasteiger charge is 2.06. The normalized spacial score (nSPS) is 12.1. The van der Waals surface area contributed by atoms with E-state index in [0.29, 0.717) is 0 Å². The van der Waals surface area contributed by atoms with Crippen molar-refractivity contribution in [3.05, 3.63) is 35.4 Å². The SMILES string of the molecule is CC=Cc1ccc(C=CC)c2nsnc12. The van der Waals surface area contributed by atoms with Crippen LogP contribution in [0.3, 0.4) is 0 Å². The molecule has 3 heteroatoms. The fourth-order valence-corrected chi connectivity index (χ4v) is 2.12. The predicted molar refractivity (Wildman–Crippen MR) is 66.8 cm³/mol. The Kier molecular flexibility index (Phi) is 2.92. The maximum absolute atomic E-state index is 4.33. The number of hydrogen-bond acceptors (Lipinski definition) is 3. The maximum Gasteiger partial charge on any atom is 0.112 e. The summed E-state index contributed by atoms with van der Waals surface area (Å²) in [6.45, 7) is 4.01. The van der Waals surface area contributed by atoms with E-state index in [2.05, 4.69) is 33.0 Å². The highest BCUT2D eigenvalue weighted by molar-refractivity contribution is 7.00. The standard InChI is InChI=1S/C12H12N2S/c1-3-5-9-7-8-10(6-4-2)12-11(9)13-15-14-12/h3-8H,1-2H3. The topological polar surface area (TPSA) is 25.8 Å². The molecule has 0 N–H and O–H groups in total. The highest BCUT2D eigenvalue weighted by Crippen LogP contribution is 2.23. The molecular formula is C12H12N2S. The minimum atomic E-state index is 0.994. The average Bonchev–Trinajstić information content (AvgIpc) is 2.71. The molecule has 0 aliphatic heterocycles. The number of aromatic nitrogens is 2. The number of nitrogens with zero attached hydrogens (tertiary/aromatic N) is 2. The van der Waals surface area contributed by atoms with E-state index in [-0.39, 0.29) is 0 Å². The van der Waals surface area contributed by atoms with Crippen LogP contribution in [0.15, 0.2) is 24.3 Å². The summed E-state index contributed by atoms with van der Waals surface area (Å²) < 4.78 is 8.65. The van der Waals surface area contributed by atoms with Crippen LogP contribution in [0.1, 0.15) is 25.0 Å². The first-order chi connectivity index (χ1) is 7.36. The third-order valence-electron chi connectivity index (χ3n) is 2.17. The highest BCUT2D eigenvalue weighted by atomic mass is 32.1. The van der Waals surface area contributed by atoms with Gasteiger partial charge in [0.15, 0.2) is 0 Å². The molecule has 1 heterocycles. The van der Waals surface area contributed by atoms with Crippen LogP contribution in [0.25, 0.3) is 23.2 Å². The molecule has 1 aromatic carbocycles. The van der Waals surface area contributed by atoms with Crippen molar-refractivity contribution < 1.29 is 0 Å². The summed E-state index contributed by atoms with van der Waals surface area (Å²) in [4.78, 5) is 0. The second-order valence-electron chi connectivity index (χ2n) is 3.21. The van der Waals surface area contributed by atoms with Crippen LogP contribution in [-0.2, 0) is 0 Å². The monoisotopic (exact) mass is 216 g/mol. The molecule has 0 amide bonds. The molecule has 2 nitrogen and oxygen atoms in total. The average molecular weight is 216 g/mol. The van der Waals surface area contributed by atoms with Gasteiger partial charge in [0.25, 0.3) is 0 Å². The summed E-state index contributed by atoms with van der Waals surface area (Å²) in [7, 11) is 0. The molecule has 1 aromatic heterocycles. The minimum Gasteiger partial charge on any atom is -0.172 e. The van der Waals surface area contributed by atoms with E-state index in [9.17, 15) is 0 Å². The van der Waals surface area contributed by atoms with Gasteiger partial charge in [-0.2, -0.15) is 8.75 Å². The molecule has 0 aliphatic rings. The van der Waals surface area contributed by atoms with E-state index in [0.717, 1.165) is 22.2 Å². The Morgan fingerprint density at radius 3 is 1.80 bits per heavy atom. The molecular weight excluding hydrogens is 204 g/mol. The summed E-state index contributed by atoms with van der Waals surface area (Å²) in [5, 5.41) is 0. The Morgan fingerprint density at radius 2 is 1.40 bits per heavy atom. The zero-order chi connectivity index (χ0) is 10.7. The summed E-state index contributed by atoms with van der Waals surface area (Å²) >= 11 is 1.27. The fourth-order valence-electron chi connectivity index (χ4n) is 1.53. The number of allylic oxidation sites excluding steroid dienone is 2. The van der Waals surface area contributed by atoms with Gasteiger partial charge >= 0.3 is 0 Å². The lowest BCUT2D eigenvalue weighted by molar-refractivity contribution is 1.58. The van der Waals surface area contributed by atoms with E-state index in [1.54, 1.807) is 0 Å². The number of benzene rings is 1. The van der Waals surface area contributed by atoms with Gasteiger partial charge in [-0.05, 0) is 13.8 Å². The largest absolute Gasteiger partial charge is 0.172 e. The summed E-state index contributed by atoms with van der Waals surface area (Å²) in [5.41, 5.74) is 4.26. The smallest absolute Gasteiger partial charge is 0.112 e. The fraction of sp³-hybridized carbons (Fsp3) is 0.167. The first-order valence-corrected chi connectivity index (χ1v) is 5.60. The van der Waals surface area contributed by atoms with Gasteiger partial charge in [0, 0.05) is 11.1 Å². The molecule has 0 spiro atoms. The van der Waals surface area contributed by atoms with Crippen molar-refractivity contribution in [2.45, 2.75) is 13.8 Å². The van der Waals surface area contributed by atoms with Gasteiger partial charge in [0.1, 0.15) is 11.0 Å². The van der Waals surface area contributed by atoms with Gasteiger partial charge in [-0.1, -0.05) is 36.4 Å². The van der Waals surface area contributed by atoms with Crippen molar-refractivity contribution in [3.63, 3.8) is 0 Å². The van der Waals surface area contributed by atoms with Gasteiger partial charge in [-0.3, -0.25) is 0 Å². The van der Waals surface area contributed by atoms with E-state index >= 15 is 0 Å². The minimum absolute atomic E-state index is 0.994. The molecule has 2 aromatic rings. The lowest BCUT2D eigenvalue weighted by Gasteiger charge is -1.98. The summed E-state index contributed by atoms with van der Waals surface area (Å²) in [5.74, 6) is 0. The van der Waals surface area contributed by atoms with Crippen molar-refractivity contribution in [2.75, 3.05) is 0 Å². The Bertz CT molecular complexity index is 477. The quantitative estimate of drug-likeness (QED) is 0.764. The number of fused-ring (bicyclic) bond motifs is 1. The molecule has 0 bridgehead atoms. The second kappa shape index (κ2) is 4.36. The molecule has 0 saturated carbocycles. The van der Waals surface area contributed by atoms with Gasteiger partial charge in [-0.25, -0.2) is 0 Å². The van der Waals surface area contributed by atoms with Crippen LogP contribution in [0.2, 0.25) is 0 Å². The van der Waals surface area contributed by atoms with E-state index in [4.69, 9.17) is 0 Å². The third-order valence-corrected chi connectivity index (χ3v) is 2.70. The van der Waals surface area contributed by atoms with Crippen LogP contribution in [-0.4, -0.2) is 8.75 Å². The van der Waals surface area contributed by atoms with Crippen LogP contribution in [0.4, 0.5) is 0 Å². The molecule has 0 unspecified atom stereocenters. The summed E-state index contributed by atoms with van der Waals surface area (Å²) in [6.07, 6.45) is 8.15. The molecule has 2 rings (SSSR count). The summed E-state index contributed by atoms with van der Waals surface area (Å²) in [6, 6.07) is 4.16. The van der Waals surface area contributed by atoms with Gasteiger partial charge in [0.2, 0.25) is 0 Å². The van der Waals surface area contributed by atoms with E-state index < -0.39 is 0 Å². The molecule has 0 radical (unpaired) electrons.